The normalized spacial score (nSPS) is 10.5. The molecule has 25 heavy (non-hydrogen) atoms. The summed E-state index contributed by atoms with van der Waals surface area (Å²) in [6.07, 6.45) is 1.69. The van der Waals surface area contributed by atoms with E-state index in [4.69, 9.17) is 0 Å². The molecule has 0 bridgehead atoms. The molecular formula is C20H16F2N2O. The number of nitrogens with one attached hydrogen (secondary N) is 1. The van der Waals surface area contributed by atoms with E-state index in [0.29, 0.717) is 0 Å². The number of benzene rings is 2. The van der Waals surface area contributed by atoms with E-state index in [2.05, 4.69) is 10.3 Å². The van der Waals surface area contributed by atoms with Gasteiger partial charge in [-0.1, -0.05) is 29.8 Å². The first kappa shape index (κ1) is 16.8. The van der Waals surface area contributed by atoms with E-state index in [1.807, 2.05) is 37.3 Å². The Morgan fingerprint density at radius 1 is 1.04 bits per heavy atom. The minimum Gasteiger partial charge on any atom is -0.348 e. The summed E-state index contributed by atoms with van der Waals surface area (Å²) in [4.78, 5) is 16.6. The zero-order chi connectivity index (χ0) is 17.8. The maximum Gasteiger partial charge on any atom is 0.251 e. The van der Waals surface area contributed by atoms with Gasteiger partial charge in [0, 0.05) is 29.9 Å². The Bertz CT molecular complexity index is 905. The van der Waals surface area contributed by atoms with Crippen LogP contribution in [0.1, 0.15) is 21.5 Å². The summed E-state index contributed by atoms with van der Waals surface area (Å²) in [6, 6.07) is 14.3. The molecule has 0 atom stereocenters. The molecule has 1 aromatic heterocycles. The SMILES string of the molecule is Cc1cccc(-c2ncccc2CNC(=O)c2cc(F)cc(F)c2)c1. The lowest BCUT2D eigenvalue weighted by atomic mass is 10.0. The van der Waals surface area contributed by atoms with Crippen molar-refractivity contribution in [3.63, 3.8) is 0 Å². The number of aromatic nitrogens is 1. The largest absolute Gasteiger partial charge is 0.348 e. The van der Waals surface area contributed by atoms with Crippen LogP contribution in [0.5, 0.6) is 0 Å². The van der Waals surface area contributed by atoms with Gasteiger partial charge in [0.25, 0.3) is 5.91 Å². The Balaban J connectivity index is 1.81. The summed E-state index contributed by atoms with van der Waals surface area (Å²) in [5.41, 5.74) is 3.57. The molecular weight excluding hydrogens is 322 g/mol. The molecule has 0 aliphatic heterocycles. The van der Waals surface area contributed by atoms with Crippen molar-refractivity contribution in [1.29, 1.82) is 0 Å². The number of amides is 1. The number of nitrogens with zero attached hydrogens (tertiary/aromatic N) is 1. The van der Waals surface area contributed by atoms with Crippen molar-refractivity contribution in [1.82, 2.24) is 10.3 Å². The van der Waals surface area contributed by atoms with Crippen molar-refractivity contribution < 1.29 is 13.6 Å². The minimum absolute atomic E-state index is 0.0569. The Kier molecular flexibility index (Phi) is 4.84. The molecule has 0 saturated carbocycles. The number of hydrogen-bond acceptors (Lipinski definition) is 2. The van der Waals surface area contributed by atoms with E-state index < -0.39 is 17.5 Å². The summed E-state index contributed by atoms with van der Waals surface area (Å²) < 4.78 is 26.5. The molecule has 0 aliphatic rings. The van der Waals surface area contributed by atoms with Crippen LogP contribution in [0.4, 0.5) is 8.78 Å². The quantitative estimate of drug-likeness (QED) is 0.772. The lowest BCUT2D eigenvalue weighted by molar-refractivity contribution is 0.0950. The van der Waals surface area contributed by atoms with Crippen molar-refractivity contribution in [3.05, 3.63) is 89.1 Å². The maximum atomic E-state index is 13.2. The molecule has 1 amide bonds. The number of aryl methyl sites for hydroxylation is 1. The second-order valence-corrected chi connectivity index (χ2v) is 5.72. The van der Waals surface area contributed by atoms with Gasteiger partial charge in [-0.25, -0.2) is 8.78 Å². The molecule has 126 valence electrons. The average molecular weight is 338 g/mol. The summed E-state index contributed by atoms with van der Waals surface area (Å²) in [7, 11) is 0. The van der Waals surface area contributed by atoms with Crippen LogP contribution < -0.4 is 5.32 Å². The molecule has 2 aromatic carbocycles. The van der Waals surface area contributed by atoms with E-state index in [9.17, 15) is 13.6 Å². The number of carbonyl (C=O) groups excluding carboxylic acids is 1. The molecule has 5 heteroatoms. The third kappa shape index (κ3) is 4.07. The topological polar surface area (TPSA) is 42.0 Å². The molecule has 1 heterocycles. The van der Waals surface area contributed by atoms with Gasteiger partial charge in [-0.05, 0) is 36.8 Å². The highest BCUT2D eigenvalue weighted by Crippen LogP contribution is 2.22. The molecule has 0 aliphatic carbocycles. The van der Waals surface area contributed by atoms with Crippen LogP contribution in [0, 0.1) is 18.6 Å². The monoisotopic (exact) mass is 338 g/mol. The van der Waals surface area contributed by atoms with Crippen LogP contribution in [0.25, 0.3) is 11.3 Å². The van der Waals surface area contributed by atoms with Crippen molar-refractivity contribution >= 4 is 5.91 Å². The third-order valence-corrected chi connectivity index (χ3v) is 3.75. The maximum absolute atomic E-state index is 13.2. The molecule has 0 spiro atoms. The molecule has 0 saturated heterocycles. The summed E-state index contributed by atoms with van der Waals surface area (Å²) in [5.74, 6) is -2.11. The average Bonchev–Trinajstić information content (AvgIpc) is 2.59. The lowest BCUT2D eigenvalue weighted by Gasteiger charge is -2.11. The highest BCUT2D eigenvalue weighted by molar-refractivity contribution is 5.94. The van der Waals surface area contributed by atoms with Crippen molar-refractivity contribution in [3.8, 4) is 11.3 Å². The van der Waals surface area contributed by atoms with Crippen molar-refractivity contribution in [2.24, 2.45) is 0 Å². The summed E-state index contributed by atoms with van der Waals surface area (Å²) >= 11 is 0. The molecule has 3 nitrogen and oxygen atoms in total. The standard InChI is InChI=1S/C20H16F2N2O/c1-13-4-2-5-14(8-13)19-15(6-3-7-23-19)12-24-20(25)16-9-17(21)11-18(22)10-16/h2-11H,12H2,1H3,(H,24,25). The van der Waals surface area contributed by atoms with Gasteiger partial charge in [0.1, 0.15) is 11.6 Å². The lowest BCUT2D eigenvalue weighted by Crippen LogP contribution is -2.23. The van der Waals surface area contributed by atoms with Gasteiger partial charge in [-0.3, -0.25) is 9.78 Å². The molecule has 0 radical (unpaired) electrons. The summed E-state index contributed by atoms with van der Waals surface area (Å²) in [6.45, 7) is 2.19. The van der Waals surface area contributed by atoms with Gasteiger partial charge in [0.15, 0.2) is 0 Å². The zero-order valence-corrected chi connectivity index (χ0v) is 13.6. The molecule has 3 rings (SSSR count). The number of rotatable bonds is 4. The van der Waals surface area contributed by atoms with E-state index in [0.717, 1.165) is 40.6 Å². The Hall–Kier alpha value is -3.08. The van der Waals surface area contributed by atoms with Gasteiger partial charge in [-0.15, -0.1) is 0 Å². The first-order chi connectivity index (χ1) is 12.0. The van der Waals surface area contributed by atoms with Crippen LogP contribution in [-0.4, -0.2) is 10.9 Å². The first-order valence-corrected chi connectivity index (χ1v) is 7.78. The predicted octanol–water partition coefficient (Wildman–Crippen LogP) is 4.27. The van der Waals surface area contributed by atoms with Gasteiger partial charge < -0.3 is 5.32 Å². The Morgan fingerprint density at radius 3 is 2.52 bits per heavy atom. The van der Waals surface area contributed by atoms with Crippen molar-refractivity contribution in [2.75, 3.05) is 0 Å². The highest BCUT2D eigenvalue weighted by Gasteiger charge is 2.11. The Morgan fingerprint density at radius 2 is 1.80 bits per heavy atom. The van der Waals surface area contributed by atoms with Crippen LogP contribution in [-0.2, 0) is 6.54 Å². The van der Waals surface area contributed by atoms with Gasteiger partial charge in [0.05, 0.1) is 5.69 Å². The van der Waals surface area contributed by atoms with Crippen LogP contribution in [0.15, 0.2) is 60.8 Å². The fourth-order valence-electron chi connectivity index (χ4n) is 2.60. The van der Waals surface area contributed by atoms with E-state index in [1.165, 1.54) is 0 Å². The van der Waals surface area contributed by atoms with Crippen molar-refractivity contribution in [2.45, 2.75) is 13.5 Å². The summed E-state index contributed by atoms with van der Waals surface area (Å²) in [5, 5.41) is 2.68. The highest BCUT2D eigenvalue weighted by atomic mass is 19.1. The van der Waals surface area contributed by atoms with E-state index in [-0.39, 0.29) is 12.1 Å². The molecule has 0 fully saturated rings. The van der Waals surface area contributed by atoms with E-state index in [1.54, 1.807) is 12.3 Å². The van der Waals surface area contributed by atoms with Gasteiger partial charge >= 0.3 is 0 Å². The zero-order valence-electron chi connectivity index (χ0n) is 13.6. The van der Waals surface area contributed by atoms with E-state index >= 15 is 0 Å². The minimum atomic E-state index is -0.785. The van der Waals surface area contributed by atoms with Crippen LogP contribution in [0.3, 0.4) is 0 Å². The third-order valence-electron chi connectivity index (χ3n) is 3.75. The molecule has 3 aromatic rings. The first-order valence-electron chi connectivity index (χ1n) is 7.78. The Labute approximate surface area is 144 Å². The second-order valence-electron chi connectivity index (χ2n) is 5.72. The van der Waals surface area contributed by atoms with Gasteiger partial charge in [-0.2, -0.15) is 0 Å². The van der Waals surface area contributed by atoms with Gasteiger partial charge in [0.2, 0.25) is 0 Å². The van der Waals surface area contributed by atoms with Crippen LogP contribution in [0.2, 0.25) is 0 Å². The number of hydrogen-bond donors (Lipinski definition) is 1. The predicted molar refractivity (Wildman–Crippen MR) is 91.9 cm³/mol. The fraction of sp³-hybridized carbons (Fsp3) is 0.100. The molecule has 1 N–H and O–H groups in total. The molecule has 0 unspecified atom stereocenters. The number of pyridine rings is 1. The van der Waals surface area contributed by atoms with Crippen LogP contribution >= 0.6 is 0 Å². The number of halogens is 2. The number of carbonyl (C=O) groups is 1. The smallest absolute Gasteiger partial charge is 0.251 e. The fourth-order valence-corrected chi connectivity index (χ4v) is 2.60. The second kappa shape index (κ2) is 7.21.